The SMILES string of the molecule is NCCCCCN(Cc1ccccc1)C(=O)[C@@H](N)Cc1ccc2ccccc2c1. The van der Waals surface area contributed by atoms with Crippen molar-refractivity contribution in [3.8, 4) is 0 Å². The molecule has 0 radical (unpaired) electrons. The van der Waals surface area contributed by atoms with Crippen molar-refractivity contribution in [1.29, 1.82) is 0 Å². The fourth-order valence-electron chi connectivity index (χ4n) is 3.64. The molecule has 3 rings (SSSR count). The van der Waals surface area contributed by atoms with E-state index in [2.05, 4.69) is 42.5 Å². The van der Waals surface area contributed by atoms with Crippen LogP contribution in [0.4, 0.5) is 0 Å². The number of nitrogens with zero attached hydrogens (tertiary/aromatic N) is 1. The highest BCUT2D eigenvalue weighted by atomic mass is 16.2. The number of rotatable bonds is 10. The maximum atomic E-state index is 13.2. The first-order valence-corrected chi connectivity index (χ1v) is 10.4. The highest BCUT2D eigenvalue weighted by Gasteiger charge is 2.21. The Bertz CT molecular complexity index is 910. The summed E-state index contributed by atoms with van der Waals surface area (Å²) < 4.78 is 0. The first kappa shape index (κ1) is 21.0. The van der Waals surface area contributed by atoms with Crippen molar-refractivity contribution in [2.75, 3.05) is 13.1 Å². The van der Waals surface area contributed by atoms with Crippen LogP contribution < -0.4 is 11.5 Å². The molecule has 1 atom stereocenters. The Morgan fingerprint density at radius 1 is 0.828 bits per heavy atom. The van der Waals surface area contributed by atoms with Crippen molar-refractivity contribution in [2.24, 2.45) is 11.5 Å². The molecule has 0 aliphatic carbocycles. The fourth-order valence-corrected chi connectivity index (χ4v) is 3.64. The fraction of sp³-hybridized carbons (Fsp3) is 0.320. The topological polar surface area (TPSA) is 72.3 Å². The molecule has 0 aliphatic heterocycles. The van der Waals surface area contributed by atoms with E-state index < -0.39 is 6.04 Å². The quantitative estimate of drug-likeness (QED) is 0.517. The zero-order valence-corrected chi connectivity index (χ0v) is 17.0. The second-order valence-electron chi connectivity index (χ2n) is 7.59. The number of benzene rings is 3. The van der Waals surface area contributed by atoms with Gasteiger partial charge in [-0.25, -0.2) is 0 Å². The number of carbonyl (C=O) groups is 1. The molecule has 4 heteroatoms. The summed E-state index contributed by atoms with van der Waals surface area (Å²) in [6.45, 7) is 1.99. The van der Waals surface area contributed by atoms with Gasteiger partial charge in [-0.15, -0.1) is 0 Å². The van der Waals surface area contributed by atoms with E-state index in [4.69, 9.17) is 11.5 Å². The first-order valence-electron chi connectivity index (χ1n) is 10.4. The van der Waals surface area contributed by atoms with Crippen molar-refractivity contribution < 1.29 is 4.79 Å². The van der Waals surface area contributed by atoms with Gasteiger partial charge in [0, 0.05) is 13.1 Å². The zero-order valence-electron chi connectivity index (χ0n) is 17.0. The van der Waals surface area contributed by atoms with E-state index in [1.54, 1.807) is 0 Å². The molecule has 0 spiro atoms. The zero-order chi connectivity index (χ0) is 20.5. The average molecular weight is 390 g/mol. The summed E-state index contributed by atoms with van der Waals surface area (Å²) in [6.07, 6.45) is 3.49. The highest BCUT2D eigenvalue weighted by Crippen LogP contribution is 2.17. The maximum Gasteiger partial charge on any atom is 0.240 e. The molecular weight excluding hydrogens is 358 g/mol. The summed E-state index contributed by atoms with van der Waals surface area (Å²) in [4.78, 5) is 15.1. The van der Waals surface area contributed by atoms with Gasteiger partial charge in [-0.3, -0.25) is 4.79 Å². The van der Waals surface area contributed by atoms with Crippen LogP contribution in [0.25, 0.3) is 10.8 Å². The minimum Gasteiger partial charge on any atom is -0.337 e. The van der Waals surface area contributed by atoms with Crippen molar-refractivity contribution in [1.82, 2.24) is 4.90 Å². The van der Waals surface area contributed by atoms with Gasteiger partial charge in [-0.1, -0.05) is 79.2 Å². The second kappa shape index (κ2) is 10.7. The van der Waals surface area contributed by atoms with Crippen molar-refractivity contribution in [3.05, 3.63) is 83.9 Å². The van der Waals surface area contributed by atoms with E-state index in [1.165, 1.54) is 10.8 Å². The minimum atomic E-state index is -0.547. The smallest absolute Gasteiger partial charge is 0.240 e. The molecule has 0 aromatic heterocycles. The largest absolute Gasteiger partial charge is 0.337 e. The van der Waals surface area contributed by atoms with E-state index in [-0.39, 0.29) is 5.91 Å². The van der Waals surface area contributed by atoms with Crippen LogP contribution in [-0.2, 0) is 17.8 Å². The van der Waals surface area contributed by atoms with Crippen molar-refractivity contribution in [2.45, 2.75) is 38.3 Å². The van der Waals surface area contributed by atoms with Crippen LogP contribution in [0.3, 0.4) is 0 Å². The van der Waals surface area contributed by atoms with Gasteiger partial charge in [0.2, 0.25) is 5.91 Å². The van der Waals surface area contributed by atoms with Crippen LogP contribution >= 0.6 is 0 Å². The predicted octanol–water partition coefficient (Wildman–Crippen LogP) is 3.87. The van der Waals surface area contributed by atoms with Gasteiger partial charge in [-0.05, 0) is 47.7 Å². The Hall–Kier alpha value is -2.69. The second-order valence-corrected chi connectivity index (χ2v) is 7.59. The Morgan fingerprint density at radius 2 is 1.55 bits per heavy atom. The van der Waals surface area contributed by atoms with Gasteiger partial charge in [0.1, 0.15) is 0 Å². The van der Waals surface area contributed by atoms with Gasteiger partial charge in [-0.2, -0.15) is 0 Å². The van der Waals surface area contributed by atoms with Crippen LogP contribution in [0, 0.1) is 0 Å². The molecule has 1 amide bonds. The number of amides is 1. The normalized spacial score (nSPS) is 12.1. The van der Waals surface area contributed by atoms with Crippen molar-refractivity contribution in [3.63, 3.8) is 0 Å². The lowest BCUT2D eigenvalue weighted by Gasteiger charge is -2.26. The van der Waals surface area contributed by atoms with Crippen LogP contribution in [0.5, 0.6) is 0 Å². The summed E-state index contributed by atoms with van der Waals surface area (Å²) in [6, 6.07) is 24.1. The summed E-state index contributed by atoms with van der Waals surface area (Å²) in [5, 5.41) is 2.37. The number of unbranched alkanes of at least 4 members (excludes halogenated alkanes) is 2. The van der Waals surface area contributed by atoms with Crippen LogP contribution in [0.2, 0.25) is 0 Å². The molecule has 3 aromatic carbocycles. The van der Waals surface area contributed by atoms with Gasteiger partial charge >= 0.3 is 0 Å². The summed E-state index contributed by atoms with van der Waals surface area (Å²) in [7, 11) is 0. The monoisotopic (exact) mass is 389 g/mol. The first-order chi connectivity index (χ1) is 14.2. The molecule has 0 saturated heterocycles. The Kier molecular flexibility index (Phi) is 7.79. The van der Waals surface area contributed by atoms with Gasteiger partial charge in [0.15, 0.2) is 0 Å². The number of hydrogen-bond acceptors (Lipinski definition) is 3. The lowest BCUT2D eigenvalue weighted by molar-refractivity contribution is -0.133. The standard InChI is InChI=1S/C25H31N3O/c26-15-7-2-8-16-28(19-20-9-3-1-4-10-20)25(29)24(27)18-21-13-14-22-11-5-6-12-23(22)17-21/h1,3-6,9-14,17,24H,2,7-8,15-16,18-19,26-27H2/t24-/m0/s1. The molecule has 0 heterocycles. The third kappa shape index (κ3) is 6.14. The highest BCUT2D eigenvalue weighted by molar-refractivity contribution is 5.84. The predicted molar refractivity (Wildman–Crippen MR) is 120 cm³/mol. The number of hydrogen-bond donors (Lipinski definition) is 2. The molecule has 0 unspecified atom stereocenters. The summed E-state index contributed by atoms with van der Waals surface area (Å²) in [5.41, 5.74) is 14.2. The molecule has 29 heavy (non-hydrogen) atoms. The third-order valence-electron chi connectivity index (χ3n) is 5.25. The molecule has 3 aromatic rings. The molecule has 0 fully saturated rings. The van der Waals surface area contributed by atoms with E-state index in [9.17, 15) is 4.79 Å². The Labute approximate surface area is 173 Å². The third-order valence-corrected chi connectivity index (χ3v) is 5.25. The molecule has 0 aliphatic rings. The summed E-state index contributed by atoms with van der Waals surface area (Å²) in [5.74, 6) is 0.00904. The molecule has 0 bridgehead atoms. The molecular formula is C25H31N3O. The Balaban J connectivity index is 1.68. The number of carbonyl (C=O) groups excluding carboxylic acids is 1. The van der Waals surface area contributed by atoms with Crippen LogP contribution in [0.1, 0.15) is 30.4 Å². The van der Waals surface area contributed by atoms with Gasteiger partial charge in [0.05, 0.1) is 6.04 Å². The molecule has 0 saturated carbocycles. The van der Waals surface area contributed by atoms with E-state index in [0.29, 0.717) is 26.1 Å². The van der Waals surface area contributed by atoms with Crippen LogP contribution in [0.15, 0.2) is 72.8 Å². The van der Waals surface area contributed by atoms with E-state index in [0.717, 1.165) is 30.4 Å². The van der Waals surface area contributed by atoms with Crippen LogP contribution in [-0.4, -0.2) is 29.9 Å². The number of fused-ring (bicyclic) bond motifs is 1. The van der Waals surface area contributed by atoms with Gasteiger partial charge < -0.3 is 16.4 Å². The number of nitrogens with two attached hydrogens (primary N) is 2. The molecule has 4 nitrogen and oxygen atoms in total. The van der Waals surface area contributed by atoms with E-state index in [1.807, 2.05) is 35.2 Å². The van der Waals surface area contributed by atoms with E-state index >= 15 is 0 Å². The van der Waals surface area contributed by atoms with Crippen molar-refractivity contribution >= 4 is 16.7 Å². The van der Waals surface area contributed by atoms with Gasteiger partial charge in [0.25, 0.3) is 0 Å². The average Bonchev–Trinajstić information content (AvgIpc) is 2.76. The lowest BCUT2D eigenvalue weighted by Crippen LogP contribution is -2.45. The lowest BCUT2D eigenvalue weighted by atomic mass is 10.0. The maximum absolute atomic E-state index is 13.2. The molecule has 152 valence electrons. The Morgan fingerprint density at radius 3 is 2.31 bits per heavy atom. The summed E-state index contributed by atoms with van der Waals surface area (Å²) >= 11 is 0. The minimum absolute atomic E-state index is 0.00904. The molecule has 4 N–H and O–H groups in total.